The Morgan fingerprint density at radius 2 is 1.21 bits per heavy atom. The van der Waals surface area contributed by atoms with E-state index in [4.69, 9.17) is 0 Å². The molecule has 0 heterocycles. The van der Waals surface area contributed by atoms with Crippen LogP contribution >= 0.6 is 0 Å². The van der Waals surface area contributed by atoms with Crippen LogP contribution in [0.5, 0.6) is 0 Å². The minimum atomic E-state index is 0.882. The van der Waals surface area contributed by atoms with E-state index in [9.17, 15) is 0 Å². The van der Waals surface area contributed by atoms with Crippen LogP contribution in [0.4, 0.5) is 0 Å². The molecule has 0 saturated heterocycles. The molecule has 0 N–H and O–H groups in total. The van der Waals surface area contributed by atoms with Crippen molar-refractivity contribution in [3.05, 3.63) is 60.3 Å². The second-order valence-electron chi connectivity index (χ2n) is 8.87. The fourth-order valence-electron chi connectivity index (χ4n) is 3.67. The number of allylic oxidation sites excluding steroid dienone is 3. The quantitative estimate of drug-likeness (QED) is 0.144. The SMILES string of the molecule is CCCCCCCCCCCCCCC=CC=C[N+](C)(C)Cc1ccccc1. The van der Waals surface area contributed by atoms with Crippen molar-refractivity contribution in [2.24, 2.45) is 0 Å². The maximum Gasteiger partial charge on any atom is 0.108 e. The van der Waals surface area contributed by atoms with E-state index in [1.807, 2.05) is 0 Å². The molecule has 0 saturated carbocycles. The van der Waals surface area contributed by atoms with E-state index in [-0.39, 0.29) is 0 Å². The number of unbranched alkanes of at least 4 members (excludes halogenated alkanes) is 12. The van der Waals surface area contributed by atoms with Crippen LogP contribution in [0.25, 0.3) is 0 Å². The molecule has 0 amide bonds. The van der Waals surface area contributed by atoms with E-state index in [1.54, 1.807) is 0 Å². The number of hydrogen-bond donors (Lipinski definition) is 0. The van der Waals surface area contributed by atoms with Crippen LogP contribution in [0, 0.1) is 0 Å². The van der Waals surface area contributed by atoms with Gasteiger partial charge >= 0.3 is 0 Å². The van der Waals surface area contributed by atoms with Crippen molar-refractivity contribution in [1.82, 2.24) is 0 Å². The molecule has 0 fully saturated rings. The molecule has 0 aromatic heterocycles. The van der Waals surface area contributed by atoms with Crippen LogP contribution in [0.3, 0.4) is 0 Å². The zero-order chi connectivity index (χ0) is 20.3. The van der Waals surface area contributed by atoms with Crippen molar-refractivity contribution in [2.75, 3.05) is 14.1 Å². The molecule has 0 aliphatic carbocycles. The Kier molecular flexibility index (Phi) is 14.6. The fourth-order valence-corrected chi connectivity index (χ4v) is 3.67. The van der Waals surface area contributed by atoms with Gasteiger partial charge in [0.1, 0.15) is 6.54 Å². The number of benzene rings is 1. The van der Waals surface area contributed by atoms with Gasteiger partial charge in [-0.1, -0.05) is 120 Å². The average molecular weight is 385 g/mol. The molecule has 0 bridgehead atoms. The average Bonchev–Trinajstić information content (AvgIpc) is 2.68. The van der Waals surface area contributed by atoms with Gasteiger partial charge in [-0.2, -0.15) is 0 Å². The second-order valence-corrected chi connectivity index (χ2v) is 8.87. The second kappa shape index (κ2) is 16.6. The molecule has 0 aliphatic rings. The van der Waals surface area contributed by atoms with Crippen LogP contribution in [0.1, 0.15) is 96.0 Å². The van der Waals surface area contributed by atoms with Gasteiger partial charge in [0.2, 0.25) is 0 Å². The third-order valence-electron chi connectivity index (χ3n) is 5.39. The molecule has 158 valence electrons. The Labute approximate surface area is 176 Å². The first-order chi connectivity index (χ1) is 13.6. The molecule has 0 aliphatic heterocycles. The molecule has 0 radical (unpaired) electrons. The van der Waals surface area contributed by atoms with Crippen molar-refractivity contribution in [3.8, 4) is 0 Å². The summed E-state index contributed by atoms with van der Waals surface area (Å²) in [5, 5.41) is 0. The fraction of sp³-hybridized carbons (Fsp3) is 0.630. The maximum absolute atomic E-state index is 2.33. The predicted octanol–water partition coefficient (Wildman–Crippen LogP) is 8.42. The van der Waals surface area contributed by atoms with Gasteiger partial charge < -0.3 is 0 Å². The first kappa shape index (κ1) is 24.7. The Bertz CT molecular complexity index is 512. The summed E-state index contributed by atoms with van der Waals surface area (Å²) < 4.78 is 0.882. The monoisotopic (exact) mass is 384 g/mol. The molecule has 1 aromatic rings. The van der Waals surface area contributed by atoms with Crippen LogP contribution < -0.4 is 0 Å². The van der Waals surface area contributed by atoms with Crippen molar-refractivity contribution in [2.45, 2.75) is 96.9 Å². The molecule has 0 unspecified atom stereocenters. The standard InChI is InChI=1S/C27H46N/c1-4-5-6-7-8-9-10-11-12-13-14-15-16-17-18-22-25-28(2,3)26-27-23-20-19-21-24-27/h17-25H,4-16,26H2,1-3H3/q+1. The van der Waals surface area contributed by atoms with Crippen molar-refractivity contribution >= 4 is 0 Å². The van der Waals surface area contributed by atoms with E-state index < -0.39 is 0 Å². The summed E-state index contributed by atoms with van der Waals surface area (Å²) in [6.07, 6.45) is 27.3. The summed E-state index contributed by atoms with van der Waals surface area (Å²) in [4.78, 5) is 0. The van der Waals surface area contributed by atoms with E-state index in [2.05, 4.69) is 75.8 Å². The van der Waals surface area contributed by atoms with Crippen LogP contribution in [-0.4, -0.2) is 18.6 Å². The highest BCUT2D eigenvalue weighted by Gasteiger charge is 2.11. The molecule has 0 atom stereocenters. The Balaban J connectivity index is 1.95. The maximum atomic E-state index is 2.33. The third-order valence-corrected chi connectivity index (χ3v) is 5.39. The minimum Gasteiger partial charge on any atom is -0.298 e. The van der Waals surface area contributed by atoms with Gasteiger partial charge in [0, 0.05) is 5.56 Å². The Hall–Kier alpha value is -1.34. The molecule has 0 spiro atoms. The third kappa shape index (κ3) is 14.7. The van der Waals surface area contributed by atoms with Crippen molar-refractivity contribution in [3.63, 3.8) is 0 Å². The first-order valence-corrected chi connectivity index (χ1v) is 11.8. The lowest BCUT2D eigenvalue weighted by atomic mass is 10.0. The molecular formula is C27H46N+. The zero-order valence-corrected chi connectivity index (χ0v) is 19.0. The molecule has 1 aromatic carbocycles. The van der Waals surface area contributed by atoms with Crippen molar-refractivity contribution in [1.29, 1.82) is 0 Å². The van der Waals surface area contributed by atoms with Gasteiger partial charge in [-0.15, -0.1) is 0 Å². The molecule has 1 heteroatoms. The van der Waals surface area contributed by atoms with Crippen molar-refractivity contribution < 1.29 is 4.48 Å². The highest BCUT2D eigenvalue weighted by Crippen LogP contribution is 2.13. The number of hydrogen-bond acceptors (Lipinski definition) is 0. The molecule has 1 nitrogen and oxygen atoms in total. The van der Waals surface area contributed by atoms with E-state index in [0.717, 1.165) is 11.0 Å². The van der Waals surface area contributed by atoms with Gasteiger partial charge in [0.25, 0.3) is 0 Å². The van der Waals surface area contributed by atoms with Gasteiger partial charge in [-0.25, -0.2) is 0 Å². The highest BCUT2D eigenvalue weighted by atomic mass is 15.3. The minimum absolute atomic E-state index is 0.882. The first-order valence-electron chi connectivity index (χ1n) is 11.8. The predicted molar refractivity (Wildman–Crippen MR) is 126 cm³/mol. The molecule has 28 heavy (non-hydrogen) atoms. The topological polar surface area (TPSA) is 0 Å². The van der Waals surface area contributed by atoms with Crippen LogP contribution in [0.2, 0.25) is 0 Å². The van der Waals surface area contributed by atoms with Gasteiger partial charge in [-0.3, -0.25) is 4.48 Å². The summed E-state index contributed by atoms with van der Waals surface area (Å²) in [7, 11) is 4.51. The van der Waals surface area contributed by atoms with Gasteiger partial charge in [0.15, 0.2) is 0 Å². The zero-order valence-electron chi connectivity index (χ0n) is 19.0. The number of quaternary nitrogens is 1. The number of nitrogens with zero attached hydrogens (tertiary/aromatic N) is 1. The van der Waals surface area contributed by atoms with E-state index >= 15 is 0 Å². The summed E-state index contributed by atoms with van der Waals surface area (Å²) in [5.41, 5.74) is 1.39. The smallest absolute Gasteiger partial charge is 0.108 e. The largest absolute Gasteiger partial charge is 0.298 e. The lowest BCUT2D eigenvalue weighted by Gasteiger charge is -2.24. The normalized spacial score (nSPS) is 12.4. The Morgan fingerprint density at radius 1 is 0.679 bits per heavy atom. The highest BCUT2D eigenvalue weighted by molar-refractivity contribution is 5.13. The van der Waals surface area contributed by atoms with Crippen LogP contribution in [0.15, 0.2) is 54.8 Å². The summed E-state index contributed by atoms with van der Waals surface area (Å²) >= 11 is 0. The van der Waals surface area contributed by atoms with E-state index in [0.29, 0.717) is 0 Å². The number of rotatable bonds is 17. The van der Waals surface area contributed by atoms with Gasteiger partial charge in [0.05, 0.1) is 20.3 Å². The van der Waals surface area contributed by atoms with Crippen LogP contribution in [-0.2, 0) is 6.54 Å². The molecule has 1 rings (SSSR count). The molecular weight excluding hydrogens is 338 g/mol. The Morgan fingerprint density at radius 3 is 1.79 bits per heavy atom. The summed E-state index contributed by atoms with van der Waals surface area (Å²) in [6.45, 7) is 3.32. The summed E-state index contributed by atoms with van der Waals surface area (Å²) in [5.74, 6) is 0. The summed E-state index contributed by atoms with van der Waals surface area (Å²) in [6, 6.07) is 10.7. The van der Waals surface area contributed by atoms with Gasteiger partial charge in [-0.05, 0) is 18.9 Å². The lowest BCUT2D eigenvalue weighted by Crippen LogP contribution is -2.32. The lowest BCUT2D eigenvalue weighted by molar-refractivity contribution is -0.852. The van der Waals surface area contributed by atoms with E-state index in [1.165, 1.54) is 89.0 Å².